The smallest absolute Gasteiger partial charge is 0.433 e. The first-order valence-electron chi connectivity index (χ1n) is 13.0. The number of rotatable bonds is 7. The summed E-state index contributed by atoms with van der Waals surface area (Å²) in [5.74, 6) is 0.229. The fraction of sp³-hybridized carbons (Fsp3) is 0.481. The first-order chi connectivity index (χ1) is 18.2. The van der Waals surface area contributed by atoms with E-state index in [0.717, 1.165) is 49.1 Å². The number of hydrogen-bond donors (Lipinski definition) is 2. The first-order valence-corrected chi connectivity index (χ1v) is 13.0. The van der Waals surface area contributed by atoms with Crippen LogP contribution < -0.4 is 15.4 Å². The number of nitrogens with one attached hydrogen (secondary N) is 2. The van der Waals surface area contributed by atoms with E-state index in [-0.39, 0.29) is 30.3 Å². The second-order valence-corrected chi connectivity index (χ2v) is 10.1. The molecule has 1 atom stereocenters. The third-order valence-corrected chi connectivity index (χ3v) is 7.44. The number of nitrogens with zero attached hydrogens (tertiary/aromatic N) is 3. The van der Waals surface area contributed by atoms with Gasteiger partial charge in [-0.2, -0.15) is 18.3 Å². The Hall–Kier alpha value is -3.63. The normalized spacial score (nSPS) is 21.9. The molecule has 1 aromatic carbocycles. The highest BCUT2D eigenvalue weighted by molar-refractivity contribution is 6.05. The molecular formula is C27H30F3N5O3. The molecule has 2 aliphatic rings. The van der Waals surface area contributed by atoms with Gasteiger partial charge in [0.2, 0.25) is 5.91 Å². The summed E-state index contributed by atoms with van der Waals surface area (Å²) in [6.07, 6.45) is 3.90. The van der Waals surface area contributed by atoms with Gasteiger partial charge in [0.15, 0.2) is 0 Å². The van der Waals surface area contributed by atoms with Crippen molar-refractivity contribution in [3.05, 3.63) is 47.9 Å². The molecule has 2 N–H and O–H groups in total. The molecule has 0 unspecified atom stereocenters. The lowest BCUT2D eigenvalue weighted by Gasteiger charge is -2.27. The quantitative estimate of drug-likeness (QED) is 0.421. The van der Waals surface area contributed by atoms with Crippen LogP contribution in [-0.4, -0.2) is 39.2 Å². The molecule has 0 bridgehead atoms. The molecule has 0 spiro atoms. The molecule has 8 nitrogen and oxygen atoms in total. The maximum absolute atomic E-state index is 13.1. The van der Waals surface area contributed by atoms with Gasteiger partial charge in [-0.05, 0) is 56.2 Å². The van der Waals surface area contributed by atoms with Crippen LogP contribution in [0.3, 0.4) is 0 Å². The second-order valence-electron chi connectivity index (χ2n) is 10.1. The summed E-state index contributed by atoms with van der Waals surface area (Å²) < 4.78 is 47.3. The van der Waals surface area contributed by atoms with Crippen molar-refractivity contribution >= 4 is 28.4 Å². The van der Waals surface area contributed by atoms with Gasteiger partial charge in [0.1, 0.15) is 23.7 Å². The molecule has 11 heteroatoms. The van der Waals surface area contributed by atoms with Crippen molar-refractivity contribution in [1.82, 2.24) is 20.1 Å². The zero-order chi connectivity index (χ0) is 26.9. The van der Waals surface area contributed by atoms with Gasteiger partial charge in [0.05, 0.1) is 23.3 Å². The highest BCUT2D eigenvalue weighted by Crippen LogP contribution is 2.36. The van der Waals surface area contributed by atoms with Crippen LogP contribution in [0.1, 0.15) is 74.1 Å². The van der Waals surface area contributed by atoms with Crippen LogP contribution in [0.5, 0.6) is 5.75 Å². The molecule has 1 aliphatic heterocycles. The Kier molecular flexibility index (Phi) is 7.27. The highest BCUT2D eigenvalue weighted by Gasteiger charge is 2.33. The van der Waals surface area contributed by atoms with Crippen molar-refractivity contribution < 1.29 is 27.5 Å². The molecule has 2 aromatic heterocycles. The first kappa shape index (κ1) is 26.0. The fourth-order valence-electron chi connectivity index (χ4n) is 5.19. The molecule has 3 aromatic rings. The van der Waals surface area contributed by atoms with Gasteiger partial charge in [-0.1, -0.05) is 19.4 Å². The van der Waals surface area contributed by atoms with E-state index >= 15 is 0 Å². The number of halogens is 3. The summed E-state index contributed by atoms with van der Waals surface area (Å²) in [4.78, 5) is 28.0. The van der Waals surface area contributed by atoms with E-state index in [0.29, 0.717) is 29.8 Å². The third-order valence-electron chi connectivity index (χ3n) is 7.44. The minimum atomic E-state index is -4.67. The molecule has 3 heterocycles. The van der Waals surface area contributed by atoms with Crippen LogP contribution in [0.4, 0.5) is 18.9 Å². The number of ether oxygens (including phenoxy) is 1. The van der Waals surface area contributed by atoms with Gasteiger partial charge in [0.25, 0.3) is 5.91 Å². The molecule has 0 radical (unpaired) electrons. The number of anilines is 1. The number of pyridine rings is 1. The Morgan fingerprint density at radius 3 is 2.66 bits per heavy atom. The molecule has 2 fully saturated rings. The van der Waals surface area contributed by atoms with Gasteiger partial charge >= 0.3 is 6.18 Å². The van der Waals surface area contributed by atoms with E-state index in [1.165, 1.54) is 12.5 Å². The number of carbonyl (C=O) groups excluding carboxylic acids is 2. The van der Waals surface area contributed by atoms with Crippen LogP contribution in [0.2, 0.25) is 0 Å². The standard InChI is InChI=1S/C27H30F3N5O3/c1-2-16-6-9-19(10-7-16)35-14-17-12-22(33-26(37)20-4-3-5-24(32-20)27(28,29)30)23(13-21(17)34-35)38-15-18-8-11-25(36)31-18/h3-5,12-14,16,18-19H,2,6-11,15H2,1H3,(H,31,36)(H,33,37)/t16-,18-,19-/m0/s1. The topological polar surface area (TPSA) is 98.1 Å². The molecule has 1 aliphatic carbocycles. The Morgan fingerprint density at radius 1 is 1.18 bits per heavy atom. The van der Waals surface area contributed by atoms with E-state index in [1.54, 1.807) is 12.1 Å². The van der Waals surface area contributed by atoms with Crippen molar-refractivity contribution in [1.29, 1.82) is 0 Å². The molecular weight excluding hydrogens is 499 g/mol. The molecule has 202 valence electrons. The predicted octanol–water partition coefficient (Wildman–Crippen LogP) is 5.50. The number of aromatic nitrogens is 3. The summed E-state index contributed by atoms with van der Waals surface area (Å²) >= 11 is 0. The maximum Gasteiger partial charge on any atom is 0.433 e. The van der Waals surface area contributed by atoms with Crippen molar-refractivity contribution in [2.75, 3.05) is 11.9 Å². The summed E-state index contributed by atoms with van der Waals surface area (Å²) in [6.45, 7) is 2.40. The highest BCUT2D eigenvalue weighted by atomic mass is 19.4. The van der Waals surface area contributed by atoms with Crippen molar-refractivity contribution in [2.24, 2.45) is 5.92 Å². The second kappa shape index (κ2) is 10.6. The number of fused-ring (bicyclic) bond motifs is 1. The average Bonchev–Trinajstić information content (AvgIpc) is 3.52. The third kappa shape index (κ3) is 5.76. The summed E-state index contributed by atoms with van der Waals surface area (Å²) in [7, 11) is 0. The van der Waals surface area contributed by atoms with Crippen molar-refractivity contribution in [3.8, 4) is 5.75 Å². The molecule has 1 saturated carbocycles. The van der Waals surface area contributed by atoms with Crippen LogP contribution in [0.25, 0.3) is 10.9 Å². The number of amides is 2. The van der Waals surface area contributed by atoms with E-state index in [1.807, 2.05) is 10.9 Å². The van der Waals surface area contributed by atoms with Gasteiger partial charge in [-0.3, -0.25) is 14.3 Å². The van der Waals surface area contributed by atoms with E-state index in [4.69, 9.17) is 9.84 Å². The SMILES string of the molecule is CC[C@H]1CC[C@H](n2cc3cc(NC(=O)c4cccc(C(F)(F)F)n4)c(OC[C@@H]4CCC(=O)N4)cc3n2)CC1. The van der Waals surface area contributed by atoms with Crippen molar-refractivity contribution in [2.45, 2.75) is 70.1 Å². The number of alkyl halides is 3. The fourth-order valence-corrected chi connectivity index (χ4v) is 5.19. The van der Waals surface area contributed by atoms with E-state index in [9.17, 15) is 22.8 Å². The van der Waals surface area contributed by atoms with Crippen molar-refractivity contribution in [3.63, 3.8) is 0 Å². The summed E-state index contributed by atoms with van der Waals surface area (Å²) in [5, 5.41) is 11.0. The number of carbonyl (C=O) groups is 2. The Balaban J connectivity index is 1.42. The minimum Gasteiger partial charge on any atom is -0.489 e. The Bertz CT molecular complexity index is 1330. The predicted molar refractivity (Wildman–Crippen MR) is 135 cm³/mol. The Morgan fingerprint density at radius 2 is 1.97 bits per heavy atom. The van der Waals surface area contributed by atoms with Crippen LogP contribution in [0, 0.1) is 5.92 Å². The number of hydrogen-bond acceptors (Lipinski definition) is 5. The van der Waals surface area contributed by atoms with Gasteiger partial charge in [0, 0.05) is 24.1 Å². The molecule has 38 heavy (non-hydrogen) atoms. The monoisotopic (exact) mass is 529 g/mol. The molecule has 5 rings (SSSR count). The van der Waals surface area contributed by atoms with Gasteiger partial charge in [-0.25, -0.2) is 4.98 Å². The lowest BCUT2D eigenvalue weighted by molar-refractivity contribution is -0.141. The lowest BCUT2D eigenvalue weighted by Crippen LogP contribution is -2.31. The maximum atomic E-state index is 13.1. The summed E-state index contributed by atoms with van der Waals surface area (Å²) in [6, 6.07) is 6.73. The largest absolute Gasteiger partial charge is 0.489 e. The number of benzene rings is 1. The minimum absolute atomic E-state index is 0.0465. The molecule has 2 amide bonds. The molecule has 1 saturated heterocycles. The van der Waals surface area contributed by atoms with Gasteiger partial charge in [-0.15, -0.1) is 0 Å². The van der Waals surface area contributed by atoms with Crippen LogP contribution >= 0.6 is 0 Å². The van der Waals surface area contributed by atoms with Crippen LogP contribution in [0.15, 0.2) is 36.5 Å². The Labute approximate surface area is 217 Å². The zero-order valence-corrected chi connectivity index (χ0v) is 21.1. The zero-order valence-electron chi connectivity index (χ0n) is 21.1. The van der Waals surface area contributed by atoms with E-state index < -0.39 is 17.8 Å². The van der Waals surface area contributed by atoms with Crippen LogP contribution in [-0.2, 0) is 11.0 Å². The van der Waals surface area contributed by atoms with Gasteiger partial charge < -0.3 is 15.4 Å². The van der Waals surface area contributed by atoms with E-state index in [2.05, 4.69) is 22.5 Å². The summed E-state index contributed by atoms with van der Waals surface area (Å²) in [5.41, 5.74) is -0.533. The average molecular weight is 530 g/mol. The lowest BCUT2D eigenvalue weighted by atomic mass is 9.85.